The molecular formula is C21H27NO2. The number of carbonyl (C=O) groups is 1. The Bertz CT molecular complexity index is 647. The molecule has 0 saturated carbocycles. The van der Waals surface area contributed by atoms with E-state index in [1.54, 1.807) is 0 Å². The van der Waals surface area contributed by atoms with Gasteiger partial charge in [-0.05, 0) is 51.3 Å². The lowest BCUT2D eigenvalue weighted by molar-refractivity contribution is -0.129. The van der Waals surface area contributed by atoms with Crippen LogP contribution in [0.25, 0.3) is 0 Å². The van der Waals surface area contributed by atoms with Crippen LogP contribution in [0, 0.1) is 6.92 Å². The minimum absolute atomic E-state index is 0.0704. The quantitative estimate of drug-likeness (QED) is 0.824. The molecule has 0 aromatic heterocycles. The highest BCUT2D eigenvalue weighted by Crippen LogP contribution is 2.17. The number of rotatable bonds is 7. The van der Waals surface area contributed by atoms with E-state index in [9.17, 15) is 4.79 Å². The summed E-state index contributed by atoms with van der Waals surface area (Å²) in [5.74, 6) is 0.655. The third kappa shape index (κ3) is 5.41. The van der Waals surface area contributed by atoms with Crippen LogP contribution in [0.1, 0.15) is 38.3 Å². The van der Waals surface area contributed by atoms with Gasteiger partial charge in [0.15, 0.2) is 6.10 Å². The van der Waals surface area contributed by atoms with Gasteiger partial charge >= 0.3 is 0 Å². The summed E-state index contributed by atoms with van der Waals surface area (Å²) in [5.41, 5.74) is 2.04. The number of hydrogen-bond donors (Lipinski definition) is 1. The van der Waals surface area contributed by atoms with Gasteiger partial charge in [-0.2, -0.15) is 0 Å². The van der Waals surface area contributed by atoms with Crippen molar-refractivity contribution in [1.82, 2.24) is 5.32 Å². The van der Waals surface area contributed by atoms with Gasteiger partial charge in [-0.15, -0.1) is 0 Å². The molecule has 2 aromatic carbocycles. The van der Waals surface area contributed by atoms with Crippen LogP contribution in [0.4, 0.5) is 0 Å². The molecule has 128 valence electrons. The van der Waals surface area contributed by atoms with Gasteiger partial charge in [-0.3, -0.25) is 4.79 Å². The Morgan fingerprint density at radius 3 is 2.29 bits per heavy atom. The van der Waals surface area contributed by atoms with Crippen molar-refractivity contribution in [3.8, 4) is 5.75 Å². The zero-order chi connectivity index (χ0) is 17.6. The molecule has 1 N–H and O–H groups in total. The summed E-state index contributed by atoms with van der Waals surface area (Å²) < 4.78 is 5.86. The van der Waals surface area contributed by atoms with Gasteiger partial charge in [0.25, 0.3) is 5.91 Å². The Morgan fingerprint density at radius 2 is 1.71 bits per heavy atom. The fourth-order valence-electron chi connectivity index (χ4n) is 2.67. The predicted molar refractivity (Wildman–Crippen MR) is 98.3 cm³/mol. The van der Waals surface area contributed by atoms with Crippen LogP contribution in [0.5, 0.6) is 5.75 Å². The summed E-state index contributed by atoms with van der Waals surface area (Å²) in [6.45, 7) is 8.07. The van der Waals surface area contributed by atoms with Crippen molar-refractivity contribution in [1.29, 1.82) is 0 Å². The summed E-state index contributed by atoms with van der Waals surface area (Å²) >= 11 is 0. The monoisotopic (exact) mass is 325 g/mol. The van der Waals surface area contributed by atoms with E-state index >= 15 is 0 Å². The molecule has 0 radical (unpaired) electrons. The van der Waals surface area contributed by atoms with Crippen molar-refractivity contribution < 1.29 is 9.53 Å². The minimum atomic E-state index is -0.484. The number of carbonyl (C=O) groups excluding carboxylic acids is 1. The van der Waals surface area contributed by atoms with Gasteiger partial charge < -0.3 is 10.1 Å². The van der Waals surface area contributed by atoms with E-state index in [1.165, 1.54) is 11.1 Å². The molecule has 24 heavy (non-hydrogen) atoms. The largest absolute Gasteiger partial charge is 0.481 e. The zero-order valence-electron chi connectivity index (χ0n) is 15.0. The molecule has 0 spiro atoms. The first-order valence-electron chi connectivity index (χ1n) is 8.49. The van der Waals surface area contributed by atoms with E-state index in [1.807, 2.05) is 70.2 Å². The predicted octanol–water partition coefficient (Wildman–Crippen LogP) is 4.29. The second kappa shape index (κ2) is 8.00. The van der Waals surface area contributed by atoms with E-state index in [4.69, 9.17) is 4.74 Å². The third-order valence-corrected chi connectivity index (χ3v) is 3.91. The molecule has 0 aliphatic rings. The second-order valence-electron chi connectivity index (χ2n) is 6.86. The molecule has 0 fully saturated rings. The number of aryl methyl sites for hydroxylation is 1. The fraction of sp³-hybridized carbons (Fsp3) is 0.381. The van der Waals surface area contributed by atoms with Gasteiger partial charge in [-0.25, -0.2) is 0 Å². The SMILES string of the molecule is CCC(Oc1ccc(C)cc1)C(=O)NC(C)(C)Cc1ccccc1. The summed E-state index contributed by atoms with van der Waals surface area (Å²) in [5, 5.41) is 3.12. The highest BCUT2D eigenvalue weighted by atomic mass is 16.5. The average molecular weight is 325 g/mol. The van der Waals surface area contributed by atoms with E-state index in [-0.39, 0.29) is 11.4 Å². The molecule has 2 rings (SSSR count). The maximum Gasteiger partial charge on any atom is 0.261 e. The molecule has 1 atom stereocenters. The Labute approximate surface area is 145 Å². The van der Waals surface area contributed by atoms with E-state index in [0.717, 1.165) is 12.2 Å². The van der Waals surface area contributed by atoms with E-state index < -0.39 is 6.10 Å². The number of amides is 1. The van der Waals surface area contributed by atoms with E-state index in [0.29, 0.717) is 6.42 Å². The molecule has 0 heterocycles. The van der Waals surface area contributed by atoms with Crippen LogP contribution in [0.15, 0.2) is 54.6 Å². The topological polar surface area (TPSA) is 38.3 Å². The summed E-state index contributed by atoms with van der Waals surface area (Å²) in [7, 11) is 0. The Hall–Kier alpha value is -2.29. The van der Waals surface area contributed by atoms with Crippen molar-refractivity contribution in [2.24, 2.45) is 0 Å². The van der Waals surface area contributed by atoms with Crippen LogP contribution < -0.4 is 10.1 Å². The number of benzene rings is 2. The van der Waals surface area contributed by atoms with Gasteiger partial charge in [0.2, 0.25) is 0 Å². The van der Waals surface area contributed by atoms with Crippen LogP contribution >= 0.6 is 0 Å². The first-order chi connectivity index (χ1) is 11.4. The van der Waals surface area contributed by atoms with Crippen LogP contribution in [-0.2, 0) is 11.2 Å². The smallest absolute Gasteiger partial charge is 0.261 e. The Morgan fingerprint density at radius 1 is 1.08 bits per heavy atom. The minimum Gasteiger partial charge on any atom is -0.481 e. The number of ether oxygens (including phenoxy) is 1. The molecule has 0 bridgehead atoms. The van der Waals surface area contributed by atoms with Gasteiger partial charge in [0, 0.05) is 5.54 Å². The molecule has 1 unspecified atom stereocenters. The highest BCUT2D eigenvalue weighted by Gasteiger charge is 2.26. The Kier molecular flexibility index (Phi) is 6.02. The third-order valence-electron chi connectivity index (χ3n) is 3.91. The first kappa shape index (κ1) is 18.1. The lowest BCUT2D eigenvalue weighted by Gasteiger charge is -2.29. The molecule has 0 aliphatic heterocycles. The van der Waals surface area contributed by atoms with Crippen LogP contribution in [-0.4, -0.2) is 17.6 Å². The molecule has 1 amide bonds. The van der Waals surface area contributed by atoms with Crippen LogP contribution in [0.2, 0.25) is 0 Å². The molecule has 2 aromatic rings. The van der Waals surface area contributed by atoms with Gasteiger partial charge in [-0.1, -0.05) is 55.0 Å². The lowest BCUT2D eigenvalue weighted by Crippen LogP contribution is -2.50. The first-order valence-corrected chi connectivity index (χ1v) is 8.49. The maximum atomic E-state index is 12.6. The van der Waals surface area contributed by atoms with Crippen molar-refractivity contribution in [3.63, 3.8) is 0 Å². The maximum absolute atomic E-state index is 12.6. The zero-order valence-corrected chi connectivity index (χ0v) is 15.0. The Balaban J connectivity index is 1.98. The second-order valence-corrected chi connectivity index (χ2v) is 6.86. The normalized spacial score (nSPS) is 12.5. The molecule has 3 nitrogen and oxygen atoms in total. The summed E-state index contributed by atoms with van der Waals surface area (Å²) in [4.78, 5) is 12.6. The van der Waals surface area contributed by atoms with Crippen LogP contribution in [0.3, 0.4) is 0 Å². The molecule has 0 saturated heterocycles. The van der Waals surface area contributed by atoms with Crippen molar-refractivity contribution in [3.05, 3.63) is 65.7 Å². The lowest BCUT2D eigenvalue weighted by atomic mass is 9.94. The summed E-state index contributed by atoms with van der Waals surface area (Å²) in [6.07, 6.45) is 0.921. The van der Waals surface area contributed by atoms with Crippen molar-refractivity contribution in [2.45, 2.75) is 52.2 Å². The van der Waals surface area contributed by atoms with Crippen molar-refractivity contribution >= 4 is 5.91 Å². The fourth-order valence-corrected chi connectivity index (χ4v) is 2.67. The molecule has 0 aliphatic carbocycles. The van der Waals surface area contributed by atoms with Gasteiger partial charge in [0.05, 0.1) is 0 Å². The van der Waals surface area contributed by atoms with Gasteiger partial charge in [0.1, 0.15) is 5.75 Å². The highest BCUT2D eigenvalue weighted by molar-refractivity contribution is 5.81. The van der Waals surface area contributed by atoms with E-state index in [2.05, 4.69) is 17.4 Å². The number of hydrogen-bond acceptors (Lipinski definition) is 2. The number of nitrogens with one attached hydrogen (secondary N) is 1. The van der Waals surface area contributed by atoms with Crippen molar-refractivity contribution in [2.75, 3.05) is 0 Å². The standard InChI is InChI=1S/C21H27NO2/c1-5-19(24-18-13-11-16(2)12-14-18)20(23)22-21(3,4)15-17-9-7-6-8-10-17/h6-14,19H,5,15H2,1-4H3,(H,22,23). The molecule has 3 heteroatoms. The average Bonchev–Trinajstić information content (AvgIpc) is 2.54. The molecular weight excluding hydrogens is 298 g/mol. The summed E-state index contributed by atoms with van der Waals surface area (Å²) in [6, 6.07) is 18.0.